The molecule has 0 spiro atoms. The lowest BCUT2D eigenvalue weighted by atomic mass is 10.1. The Morgan fingerprint density at radius 2 is 1.81 bits per heavy atom. The van der Waals surface area contributed by atoms with Crippen molar-refractivity contribution in [1.82, 2.24) is 4.98 Å². The molecule has 1 heterocycles. The van der Waals surface area contributed by atoms with Crippen molar-refractivity contribution in [3.8, 4) is 17.2 Å². The van der Waals surface area contributed by atoms with E-state index in [-0.39, 0.29) is 5.91 Å². The van der Waals surface area contributed by atoms with Gasteiger partial charge in [-0.05, 0) is 30.2 Å². The first-order chi connectivity index (χ1) is 12.7. The van der Waals surface area contributed by atoms with Crippen molar-refractivity contribution in [2.24, 2.45) is 0 Å². The van der Waals surface area contributed by atoms with E-state index in [1.807, 2.05) is 36.4 Å². The van der Waals surface area contributed by atoms with Crippen molar-refractivity contribution in [2.75, 3.05) is 26.6 Å². The van der Waals surface area contributed by atoms with Gasteiger partial charge in [-0.1, -0.05) is 29.5 Å². The summed E-state index contributed by atoms with van der Waals surface area (Å²) in [6.45, 7) is 0. The molecule has 3 rings (SSSR count). The van der Waals surface area contributed by atoms with Gasteiger partial charge in [-0.15, -0.1) is 0 Å². The molecule has 0 fully saturated rings. The lowest BCUT2D eigenvalue weighted by molar-refractivity contribution is -0.116. The Morgan fingerprint density at radius 3 is 2.50 bits per heavy atom. The van der Waals surface area contributed by atoms with Crippen LogP contribution in [0.4, 0.5) is 5.13 Å². The predicted molar refractivity (Wildman–Crippen MR) is 103 cm³/mol. The van der Waals surface area contributed by atoms with Crippen LogP contribution in [-0.4, -0.2) is 32.2 Å². The average molecular weight is 372 g/mol. The van der Waals surface area contributed by atoms with Crippen LogP contribution in [0.25, 0.3) is 10.2 Å². The third kappa shape index (κ3) is 3.72. The van der Waals surface area contributed by atoms with E-state index in [2.05, 4.69) is 10.3 Å². The number of nitrogens with zero attached hydrogens (tertiary/aromatic N) is 1. The van der Waals surface area contributed by atoms with Crippen molar-refractivity contribution in [3.05, 3.63) is 42.0 Å². The molecule has 1 N–H and O–H groups in total. The van der Waals surface area contributed by atoms with Gasteiger partial charge in [0.05, 0.1) is 31.5 Å². The van der Waals surface area contributed by atoms with E-state index in [0.717, 1.165) is 15.8 Å². The highest BCUT2D eigenvalue weighted by Crippen LogP contribution is 2.40. The second kappa shape index (κ2) is 8.05. The van der Waals surface area contributed by atoms with E-state index in [1.54, 1.807) is 21.3 Å². The van der Waals surface area contributed by atoms with Gasteiger partial charge in [-0.2, -0.15) is 0 Å². The summed E-state index contributed by atoms with van der Waals surface area (Å²) >= 11 is 1.46. The van der Waals surface area contributed by atoms with Crippen LogP contribution in [0, 0.1) is 0 Å². The number of methoxy groups -OCH3 is 3. The molecule has 6 nitrogen and oxygen atoms in total. The van der Waals surface area contributed by atoms with Gasteiger partial charge in [0, 0.05) is 6.42 Å². The fraction of sp³-hybridized carbons (Fsp3) is 0.263. The molecule has 0 radical (unpaired) electrons. The Balaban J connectivity index is 1.69. The molecular formula is C19H20N2O4S. The number of anilines is 1. The van der Waals surface area contributed by atoms with Gasteiger partial charge in [-0.25, -0.2) is 4.98 Å². The maximum absolute atomic E-state index is 12.3. The largest absolute Gasteiger partial charge is 0.493 e. The molecule has 0 saturated carbocycles. The molecule has 7 heteroatoms. The maximum Gasteiger partial charge on any atom is 0.226 e. The maximum atomic E-state index is 12.3. The zero-order valence-corrected chi connectivity index (χ0v) is 15.7. The number of fused-ring (bicyclic) bond motifs is 1. The van der Waals surface area contributed by atoms with Crippen molar-refractivity contribution in [1.29, 1.82) is 0 Å². The summed E-state index contributed by atoms with van der Waals surface area (Å²) in [6.07, 6.45) is 0.821. The first-order valence-electron chi connectivity index (χ1n) is 8.09. The Morgan fingerprint density at radius 1 is 1.04 bits per heavy atom. The molecule has 136 valence electrons. The van der Waals surface area contributed by atoms with Gasteiger partial charge >= 0.3 is 0 Å². The van der Waals surface area contributed by atoms with Crippen LogP contribution in [0.5, 0.6) is 17.2 Å². The van der Waals surface area contributed by atoms with E-state index < -0.39 is 0 Å². The number of para-hydroxylation sites is 1. The number of carbonyl (C=O) groups is 1. The summed E-state index contributed by atoms with van der Waals surface area (Å²) in [4.78, 5) is 16.7. The van der Waals surface area contributed by atoms with E-state index in [9.17, 15) is 4.79 Å². The molecular weight excluding hydrogens is 352 g/mol. The Labute approximate surface area is 155 Å². The second-order valence-electron chi connectivity index (χ2n) is 5.53. The summed E-state index contributed by atoms with van der Waals surface area (Å²) in [5.74, 6) is 1.60. The highest BCUT2D eigenvalue weighted by atomic mass is 32.1. The zero-order chi connectivity index (χ0) is 18.5. The number of nitrogens with one attached hydrogen (secondary N) is 1. The highest BCUT2D eigenvalue weighted by Gasteiger charge is 2.17. The quantitative estimate of drug-likeness (QED) is 0.681. The first kappa shape index (κ1) is 18.0. The van der Waals surface area contributed by atoms with Crippen LogP contribution < -0.4 is 19.5 Å². The minimum Gasteiger partial charge on any atom is -0.493 e. The Hall–Kier alpha value is -2.80. The first-order valence-corrected chi connectivity index (χ1v) is 8.91. The third-order valence-electron chi connectivity index (χ3n) is 3.95. The topological polar surface area (TPSA) is 69.7 Å². The van der Waals surface area contributed by atoms with Crippen molar-refractivity contribution in [2.45, 2.75) is 12.8 Å². The number of carbonyl (C=O) groups excluding carboxylic acids is 1. The number of hydrogen-bond acceptors (Lipinski definition) is 6. The van der Waals surface area contributed by atoms with E-state index in [4.69, 9.17) is 14.2 Å². The molecule has 2 aromatic carbocycles. The number of hydrogen-bond donors (Lipinski definition) is 1. The van der Waals surface area contributed by atoms with E-state index in [0.29, 0.717) is 35.2 Å². The number of aryl methyl sites for hydroxylation is 1. The molecule has 1 aromatic heterocycles. The molecule has 0 unspecified atom stereocenters. The SMILES string of the molecule is COc1ccc(CCC(=O)Nc2nc3ccccc3s2)c(OC)c1OC. The molecule has 3 aromatic rings. The Kier molecular flexibility index (Phi) is 5.58. The van der Waals surface area contributed by atoms with Gasteiger partial charge in [0.25, 0.3) is 0 Å². The molecule has 0 atom stereocenters. The summed E-state index contributed by atoms with van der Waals surface area (Å²) in [5.41, 5.74) is 1.76. The summed E-state index contributed by atoms with van der Waals surface area (Å²) in [5, 5.41) is 3.47. The highest BCUT2D eigenvalue weighted by molar-refractivity contribution is 7.22. The van der Waals surface area contributed by atoms with Crippen LogP contribution in [0.1, 0.15) is 12.0 Å². The van der Waals surface area contributed by atoms with Gasteiger partial charge in [0.15, 0.2) is 16.6 Å². The average Bonchev–Trinajstić information content (AvgIpc) is 3.07. The number of amides is 1. The predicted octanol–water partition coefficient (Wildman–Crippen LogP) is 3.89. The monoisotopic (exact) mass is 372 g/mol. The third-order valence-corrected chi connectivity index (χ3v) is 4.90. The molecule has 0 saturated heterocycles. The van der Waals surface area contributed by atoms with Crippen molar-refractivity contribution < 1.29 is 19.0 Å². The molecule has 0 bridgehead atoms. The van der Waals surface area contributed by atoms with Gasteiger partial charge in [-0.3, -0.25) is 4.79 Å². The second-order valence-corrected chi connectivity index (χ2v) is 6.56. The zero-order valence-electron chi connectivity index (χ0n) is 14.9. The fourth-order valence-electron chi connectivity index (χ4n) is 2.72. The number of ether oxygens (including phenoxy) is 3. The van der Waals surface area contributed by atoms with Crippen LogP contribution in [-0.2, 0) is 11.2 Å². The number of benzene rings is 2. The van der Waals surface area contributed by atoms with Gasteiger partial charge in [0.1, 0.15) is 0 Å². The van der Waals surface area contributed by atoms with Crippen molar-refractivity contribution >= 4 is 32.6 Å². The lowest BCUT2D eigenvalue weighted by Gasteiger charge is -2.15. The summed E-state index contributed by atoms with van der Waals surface area (Å²) in [7, 11) is 4.70. The lowest BCUT2D eigenvalue weighted by Crippen LogP contribution is -2.12. The fourth-order valence-corrected chi connectivity index (χ4v) is 3.60. The van der Waals surface area contributed by atoms with Crippen LogP contribution in [0.2, 0.25) is 0 Å². The smallest absolute Gasteiger partial charge is 0.226 e. The molecule has 0 aliphatic carbocycles. The van der Waals surface area contributed by atoms with Gasteiger partial charge in [0.2, 0.25) is 11.7 Å². The Bertz CT molecular complexity index is 890. The van der Waals surface area contributed by atoms with E-state index >= 15 is 0 Å². The van der Waals surface area contributed by atoms with Crippen LogP contribution in [0.15, 0.2) is 36.4 Å². The number of thiazole rings is 1. The molecule has 0 aliphatic heterocycles. The standard InChI is InChI=1S/C19H20N2O4S/c1-23-14-10-8-12(17(24-2)18(14)25-3)9-11-16(22)21-19-20-13-6-4-5-7-15(13)26-19/h4-8,10H,9,11H2,1-3H3,(H,20,21,22). The molecule has 1 amide bonds. The summed E-state index contributed by atoms with van der Waals surface area (Å²) in [6, 6.07) is 11.5. The number of rotatable bonds is 7. The van der Waals surface area contributed by atoms with Crippen molar-refractivity contribution in [3.63, 3.8) is 0 Å². The minimum absolute atomic E-state index is 0.0964. The normalized spacial score (nSPS) is 10.6. The molecule has 0 aliphatic rings. The number of aromatic nitrogens is 1. The minimum atomic E-state index is -0.0964. The summed E-state index contributed by atoms with van der Waals surface area (Å²) < 4.78 is 17.2. The van der Waals surface area contributed by atoms with E-state index in [1.165, 1.54) is 11.3 Å². The molecule has 26 heavy (non-hydrogen) atoms. The van der Waals surface area contributed by atoms with Crippen LogP contribution >= 0.6 is 11.3 Å². The van der Waals surface area contributed by atoms with Gasteiger partial charge < -0.3 is 19.5 Å². The van der Waals surface area contributed by atoms with Crippen LogP contribution in [0.3, 0.4) is 0 Å².